The average Bonchev–Trinajstić information content (AvgIpc) is 2.46. The first-order valence-electron chi connectivity index (χ1n) is 6.70. The molecule has 0 amide bonds. The zero-order valence-corrected chi connectivity index (χ0v) is 12.4. The van der Waals surface area contributed by atoms with E-state index in [2.05, 4.69) is 62.4 Å². The number of pyridine rings is 1. The Morgan fingerprint density at radius 3 is 2.40 bits per heavy atom. The summed E-state index contributed by atoms with van der Waals surface area (Å²) in [5.41, 5.74) is 6.81. The smallest absolute Gasteiger partial charge is 0.0738 e. The Kier molecular flexibility index (Phi) is 3.45. The van der Waals surface area contributed by atoms with Crippen LogP contribution in [0.5, 0.6) is 0 Å². The normalized spacial score (nSPS) is 10.9. The number of benzene rings is 2. The van der Waals surface area contributed by atoms with E-state index in [4.69, 9.17) is 16.6 Å². The minimum atomic E-state index is 0.545. The van der Waals surface area contributed by atoms with Crippen LogP contribution in [-0.4, -0.2) is 4.98 Å². The van der Waals surface area contributed by atoms with Crippen LogP contribution in [0.15, 0.2) is 48.5 Å². The standard InChI is InChI=1S/C18H16ClN/c1-12-3-8-17-16(9-12)10-13(2)18(20-17)15-6-4-14(11-19)5-7-15/h3-10H,11H2,1-2H3. The molecule has 0 fully saturated rings. The van der Waals surface area contributed by atoms with Crippen LogP contribution in [0.4, 0.5) is 0 Å². The average molecular weight is 282 g/mol. The largest absolute Gasteiger partial charge is 0.248 e. The van der Waals surface area contributed by atoms with Gasteiger partial charge in [0, 0.05) is 16.8 Å². The van der Waals surface area contributed by atoms with E-state index in [9.17, 15) is 0 Å². The molecule has 0 bridgehead atoms. The van der Waals surface area contributed by atoms with Crippen LogP contribution in [0.25, 0.3) is 22.2 Å². The van der Waals surface area contributed by atoms with Gasteiger partial charge in [-0.15, -0.1) is 11.6 Å². The summed E-state index contributed by atoms with van der Waals surface area (Å²) >= 11 is 5.83. The predicted octanol–water partition coefficient (Wildman–Crippen LogP) is 5.26. The second kappa shape index (κ2) is 5.26. The molecule has 2 heteroatoms. The van der Waals surface area contributed by atoms with Crippen molar-refractivity contribution in [3.63, 3.8) is 0 Å². The summed E-state index contributed by atoms with van der Waals surface area (Å²) in [5, 5.41) is 1.20. The third kappa shape index (κ3) is 2.41. The Bertz CT molecular complexity index is 760. The zero-order chi connectivity index (χ0) is 14.1. The summed E-state index contributed by atoms with van der Waals surface area (Å²) in [6, 6.07) is 16.9. The van der Waals surface area contributed by atoms with E-state index in [1.165, 1.54) is 16.5 Å². The molecule has 0 spiro atoms. The van der Waals surface area contributed by atoms with Gasteiger partial charge in [-0.1, -0.05) is 35.9 Å². The molecule has 1 heterocycles. The summed E-state index contributed by atoms with van der Waals surface area (Å²) < 4.78 is 0. The first-order chi connectivity index (χ1) is 9.67. The maximum atomic E-state index is 5.83. The van der Waals surface area contributed by atoms with Crippen LogP contribution in [0, 0.1) is 13.8 Å². The van der Waals surface area contributed by atoms with Crippen molar-refractivity contribution in [3.8, 4) is 11.3 Å². The zero-order valence-electron chi connectivity index (χ0n) is 11.7. The monoisotopic (exact) mass is 281 g/mol. The Labute approximate surface area is 124 Å². The highest BCUT2D eigenvalue weighted by Crippen LogP contribution is 2.26. The van der Waals surface area contributed by atoms with Gasteiger partial charge in [-0.25, -0.2) is 4.98 Å². The van der Waals surface area contributed by atoms with Crippen molar-refractivity contribution in [3.05, 3.63) is 65.2 Å². The van der Waals surface area contributed by atoms with Gasteiger partial charge in [0.15, 0.2) is 0 Å². The highest BCUT2D eigenvalue weighted by atomic mass is 35.5. The van der Waals surface area contributed by atoms with E-state index in [0.29, 0.717) is 5.88 Å². The van der Waals surface area contributed by atoms with Crippen LogP contribution in [0.3, 0.4) is 0 Å². The number of rotatable bonds is 2. The Morgan fingerprint density at radius 1 is 0.950 bits per heavy atom. The highest BCUT2D eigenvalue weighted by molar-refractivity contribution is 6.17. The minimum absolute atomic E-state index is 0.545. The lowest BCUT2D eigenvalue weighted by molar-refractivity contribution is 1.31. The van der Waals surface area contributed by atoms with E-state index >= 15 is 0 Å². The van der Waals surface area contributed by atoms with Gasteiger partial charge in [0.1, 0.15) is 0 Å². The van der Waals surface area contributed by atoms with E-state index < -0.39 is 0 Å². The molecule has 3 rings (SSSR count). The maximum absolute atomic E-state index is 5.83. The molecule has 1 nitrogen and oxygen atoms in total. The molecule has 0 N–H and O–H groups in total. The number of nitrogens with zero attached hydrogens (tertiary/aromatic N) is 1. The van der Waals surface area contributed by atoms with Gasteiger partial charge >= 0.3 is 0 Å². The Balaban J connectivity index is 2.14. The second-order valence-electron chi connectivity index (χ2n) is 5.18. The molecule has 0 aliphatic rings. The van der Waals surface area contributed by atoms with Crippen molar-refractivity contribution in [2.75, 3.05) is 0 Å². The molecular formula is C18H16ClN. The quantitative estimate of drug-likeness (QED) is 0.584. The van der Waals surface area contributed by atoms with E-state index in [1.54, 1.807) is 0 Å². The first-order valence-corrected chi connectivity index (χ1v) is 7.24. The molecule has 0 atom stereocenters. The SMILES string of the molecule is Cc1ccc2nc(-c3ccc(CCl)cc3)c(C)cc2c1. The molecule has 20 heavy (non-hydrogen) atoms. The number of halogens is 1. The maximum Gasteiger partial charge on any atom is 0.0738 e. The van der Waals surface area contributed by atoms with Crippen molar-refractivity contribution in [1.82, 2.24) is 4.98 Å². The summed E-state index contributed by atoms with van der Waals surface area (Å²) in [6.45, 7) is 4.22. The summed E-state index contributed by atoms with van der Waals surface area (Å²) in [7, 11) is 0. The van der Waals surface area contributed by atoms with Crippen molar-refractivity contribution in [2.45, 2.75) is 19.7 Å². The van der Waals surface area contributed by atoms with E-state index in [0.717, 1.165) is 22.3 Å². The summed E-state index contributed by atoms with van der Waals surface area (Å²) in [6.07, 6.45) is 0. The topological polar surface area (TPSA) is 12.9 Å². The molecule has 0 aliphatic carbocycles. The number of fused-ring (bicyclic) bond motifs is 1. The van der Waals surface area contributed by atoms with Gasteiger partial charge in [-0.05, 0) is 43.2 Å². The Hall–Kier alpha value is -1.86. The van der Waals surface area contributed by atoms with Gasteiger partial charge in [0.2, 0.25) is 0 Å². The number of alkyl halides is 1. The minimum Gasteiger partial charge on any atom is -0.248 e. The van der Waals surface area contributed by atoms with Crippen LogP contribution < -0.4 is 0 Å². The van der Waals surface area contributed by atoms with Crippen molar-refractivity contribution in [2.24, 2.45) is 0 Å². The van der Waals surface area contributed by atoms with Crippen molar-refractivity contribution in [1.29, 1.82) is 0 Å². The molecule has 100 valence electrons. The lowest BCUT2D eigenvalue weighted by atomic mass is 10.0. The fourth-order valence-electron chi connectivity index (χ4n) is 2.45. The Morgan fingerprint density at radius 2 is 1.70 bits per heavy atom. The van der Waals surface area contributed by atoms with Crippen molar-refractivity contribution < 1.29 is 0 Å². The molecule has 0 saturated heterocycles. The van der Waals surface area contributed by atoms with Gasteiger partial charge in [-0.2, -0.15) is 0 Å². The summed E-state index contributed by atoms with van der Waals surface area (Å²) in [4.78, 5) is 4.81. The first kappa shape index (κ1) is 13.1. The lowest BCUT2D eigenvalue weighted by Gasteiger charge is -2.08. The molecule has 0 unspecified atom stereocenters. The molecule has 3 aromatic rings. The van der Waals surface area contributed by atoms with E-state index in [1.807, 2.05) is 0 Å². The second-order valence-corrected chi connectivity index (χ2v) is 5.45. The van der Waals surface area contributed by atoms with Crippen LogP contribution in [-0.2, 0) is 5.88 Å². The summed E-state index contributed by atoms with van der Waals surface area (Å²) in [5.74, 6) is 0.545. The number of aromatic nitrogens is 1. The van der Waals surface area contributed by atoms with Crippen LogP contribution in [0.1, 0.15) is 16.7 Å². The molecule has 0 aliphatic heterocycles. The molecule has 1 aromatic heterocycles. The molecular weight excluding hydrogens is 266 g/mol. The van der Waals surface area contributed by atoms with Crippen LogP contribution in [0.2, 0.25) is 0 Å². The number of hydrogen-bond donors (Lipinski definition) is 0. The number of hydrogen-bond acceptors (Lipinski definition) is 1. The third-order valence-electron chi connectivity index (χ3n) is 3.54. The predicted molar refractivity (Wildman–Crippen MR) is 86.2 cm³/mol. The van der Waals surface area contributed by atoms with E-state index in [-0.39, 0.29) is 0 Å². The molecule has 0 saturated carbocycles. The fourth-order valence-corrected chi connectivity index (χ4v) is 2.62. The third-order valence-corrected chi connectivity index (χ3v) is 3.85. The van der Waals surface area contributed by atoms with Crippen LogP contribution >= 0.6 is 11.6 Å². The molecule has 2 aromatic carbocycles. The highest BCUT2D eigenvalue weighted by Gasteiger charge is 2.06. The van der Waals surface area contributed by atoms with Gasteiger partial charge in [0.25, 0.3) is 0 Å². The lowest BCUT2D eigenvalue weighted by Crippen LogP contribution is -1.91. The number of aryl methyl sites for hydroxylation is 2. The fraction of sp³-hybridized carbons (Fsp3) is 0.167. The van der Waals surface area contributed by atoms with Gasteiger partial charge < -0.3 is 0 Å². The molecule has 0 radical (unpaired) electrons. The van der Waals surface area contributed by atoms with Gasteiger partial charge in [0.05, 0.1) is 11.2 Å². The van der Waals surface area contributed by atoms with Gasteiger partial charge in [-0.3, -0.25) is 0 Å². The van der Waals surface area contributed by atoms with Crippen molar-refractivity contribution >= 4 is 22.5 Å².